The monoisotopic (exact) mass is 229 g/mol. The summed E-state index contributed by atoms with van der Waals surface area (Å²) in [6, 6.07) is 0. The molecule has 0 saturated heterocycles. The molecule has 0 atom stereocenters. The molecule has 15 heavy (non-hydrogen) atoms. The molecule has 0 amide bonds. The van der Waals surface area contributed by atoms with Gasteiger partial charge in [0.2, 0.25) is 5.01 Å². The summed E-state index contributed by atoms with van der Waals surface area (Å²) >= 11 is 1.13. The first kappa shape index (κ1) is 12.1. The lowest BCUT2D eigenvalue weighted by Gasteiger charge is -2.22. The van der Waals surface area contributed by atoms with Gasteiger partial charge >= 0.3 is 5.97 Å². The second kappa shape index (κ2) is 4.72. The van der Waals surface area contributed by atoms with Crippen LogP contribution in [-0.4, -0.2) is 21.7 Å². The van der Waals surface area contributed by atoms with Crippen molar-refractivity contribution in [2.75, 3.05) is 0 Å². The first-order chi connectivity index (χ1) is 6.94. The predicted molar refractivity (Wildman–Crippen MR) is 58.2 cm³/mol. The van der Waals surface area contributed by atoms with Crippen molar-refractivity contribution >= 4 is 17.3 Å². The standard InChI is InChI=1S/C10H15NO3S/c1-4-10(2,3)14-5-7-6-15-8(11-7)9(12)13/h6H,4-5H2,1-3H3,(H,12,13). The largest absolute Gasteiger partial charge is 0.476 e. The number of hydrogen-bond donors (Lipinski definition) is 1. The zero-order valence-electron chi connectivity index (χ0n) is 9.11. The minimum absolute atomic E-state index is 0.114. The summed E-state index contributed by atoms with van der Waals surface area (Å²) in [7, 11) is 0. The quantitative estimate of drug-likeness (QED) is 0.843. The zero-order chi connectivity index (χ0) is 11.5. The molecule has 1 heterocycles. The minimum atomic E-state index is -0.985. The molecule has 1 N–H and O–H groups in total. The van der Waals surface area contributed by atoms with Crippen LogP contribution in [0.1, 0.15) is 42.7 Å². The fraction of sp³-hybridized carbons (Fsp3) is 0.600. The van der Waals surface area contributed by atoms with Gasteiger partial charge in [0.1, 0.15) is 0 Å². The Morgan fingerprint density at radius 3 is 2.80 bits per heavy atom. The number of ether oxygens (including phenoxy) is 1. The van der Waals surface area contributed by atoms with Gasteiger partial charge in [0.05, 0.1) is 17.9 Å². The third-order valence-electron chi connectivity index (χ3n) is 2.20. The Morgan fingerprint density at radius 2 is 2.33 bits per heavy atom. The van der Waals surface area contributed by atoms with E-state index in [9.17, 15) is 4.79 Å². The lowest BCUT2D eigenvalue weighted by molar-refractivity contribution is -0.0328. The van der Waals surface area contributed by atoms with Gasteiger partial charge in [-0.1, -0.05) is 6.92 Å². The molecule has 0 bridgehead atoms. The van der Waals surface area contributed by atoms with E-state index in [-0.39, 0.29) is 10.6 Å². The Hall–Kier alpha value is -0.940. The molecule has 1 aromatic rings. The van der Waals surface area contributed by atoms with E-state index in [1.807, 2.05) is 20.8 Å². The van der Waals surface area contributed by atoms with E-state index in [0.29, 0.717) is 12.3 Å². The lowest BCUT2D eigenvalue weighted by atomic mass is 10.1. The van der Waals surface area contributed by atoms with Crippen LogP contribution in [-0.2, 0) is 11.3 Å². The molecule has 0 aromatic carbocycles. The number of aromatic nitrogens is 1. The second-order valence-corrected chi connectivity index (χ2v) is 4.71. The fourth-order valence-electron chi connectivity index (χ4n) is 0.843. The lowest BCUT2D eigenvalue weighted by Crippen LogP contribution is -2.22. The molecule has 4 nitrogen and oxygen atoms in total. The fourth-order valence-corrected chi connectivity index (χ4v) is 1.48. The molecular weight excluding hydrogens is 214 g/mol. The van der Waals surface area contributed by atoms with E-state index in [2.05, 4.69) is 4.98 Å². The molecule has 0 fully saturated rings. The highest BCUT2D eigenvalue weighted by Crippen LogP contribution is 2.17. The Bertz CT molecular complexity index is 346. The number of carboxylic acids is 1. The Morgan fingerprint density at radius 1 is 1.67 bits per heavy atom. The summed E-state index contributed by atoms with van der Waals surface area (Å²) in [6.07, 6.45) is 0.906. The van der Waals surface area contributed by atoms with Crippen LogP contribution < -0.4 is 0 Å². The van der Waals surface area contributed by atoms with Gasteiger partial charge < -0.3 is 9.84 Å². The predicted octanol–water partition coefficient (Wildman–Crippen LogP) is 2.55. The highest BCUT2D eigenvalue weighted by atomic mass is 32.1. The number of thiazole rings is 1. The van der Waals surface area contributed by atoms with Crippen LogP contribution >= 0.6 is 11.3 Å². The van der Waals surface area contributed by atoms with Crippen LogP contribution in [0, 0.1) is 0 Å². The maximum absolute atomic E-state index is 10.6. The van der Waals surface area contributed by atoms with Gasteiger partial charge in [0, 0.05) is 5.38 Å². The van der Waals surface area contributed by atoms with Crippen LogP contribution in [0.4, 0.5) is 0 Å². The summed E-state index contributed by atoms with van der Waals surface area (Å²) in [6.45, 7) is 6.41. The van der Waals surface area contributed by atoms with Crippen LogP contribution in [0.5, 0.6) is 0 Å². The molecule has 84 valence electrons. The molecule has 0 unspecified atom stereocenters. The van der Waals surface area contributed by atoms with Gasteiger partial charge in [-0.3, -0.25) is 0 Å². The average molecular weight is 229 g/mol. The maximum Gasteiger partial charge on any atom is 0.365 e. The number of nitrogens with zero attached hydrogens (tertiary/aromatic N) is 1. The topological polar surface area (TPSA) is 59.4 Å². The van der Waals surface area contributed by atoms with Gasteiger partial charge in [0.15, 0.2) is 0 Å². The molecule has 0 spiro atoms. The smallest absolute Gasteiger partial charge is 0.365 e. The molecule has 1 rings (SSSR count). The minimum Gasteiger partial charge on any atom is -0.476 e. The van der Waals surface area contributed by atoms with Crippen LogP contribution in [0.2, 0.25) is 0 Å². The van der Waals surface area contributed by atoms with Gasteiger partial charge in [-0.2, -0.15) is 0 Å². The van der Waals surface area contributed by atoms with E-state index in [4.69, 9.17) is 9.84 Å². The molecular formula is C10H15NO3S. The van der Waals surface area contributed by atoms with Gasteiger partial charge in [-0.05, 0) is 20.3 Å². The molecule has 0 radical (unpaired) electrons. The van der Waals surface area contributed by atoms with Crippen LogP contribution in [0.3, 0.4) is 0 Å². The van der Waals surface area contributed by atoms with Gasteiger partial charge in [-0.15, -0.1) is 11.3 Å². The summed E-state index contributed by atoms with van der Waals surface area (Å²) < 4.78 is 5.61. The third-order valence-corrected chi connectivity index (χ3v) is 3.08. The van der Waals surface area contributed by atoms with Crippen molar-refractivity contribution in [3.63, 3.8) is 0 Å². The van der Waals surface area contributed by atoms with Crippen molar-refractivity contribution in [1.82, 2.24) is 4.98 Å². The van der Waals surface area contributed by atoms with Crippen molar-refractivity contribution in [3.05, 3.63) is 16.1 Å². The number of carbonyl (C=O) groups is 1. The van der Waals surface area contributed by atoms with E-state index < -0.39 is 5.97 Å². The molecule has 0 aliphatic carbocycles. The van der Waals surface area contributed by atoms with Crippen LogP contribution in [0.25, 0.3) is 0 Å². The van der Waals surface area contributed by atoms with Crippen molar-refractivity contribution in [2.45, 2.75) is 39.4 Å². The summed E-state index contributed by atoms with van der Waals surface area (Å²) in [4.78, 5) is 14.5. The van der Waals surface area contributed by atoms with E-state index in [0.717, 1.165) is 17.8 Å². The molecule has 0 saturated carbocycles. The zero-order valence-corrected chi connectivity index (χ0v) is 9.93. The second-order valence-electron chi connectivity index (χ2n) is 3.85. The number of aromatic carboxylic acids is 1. The van der Waals surface area contributed by atoms with Crippen molar-refractivity contribution < 1.29 is 14.6 Å². The Labute approximate surface area is 92.9 Å². The van der Waals surface area contributed by atoms with Crippen molar-refractivity contribution in [2.24, 2.45) is 0 Å². The number of carboxylic acid groups (broad SMARTS) is 1. The van der Waals surface area contributed by atoms with E-state index in [1.54, 1.807) is 5.38 Å². The summed E-state index contributed by atoms with van der Waals surface area (Å²) in [5, 5.41) is 10.5. The third kappa shape index (κ3) is 3.60. The number of rotatable bonds is 5. The summed E-state index contributed by atoms with van der Waals surface area (Å²) in [5.41, 5.74) is 0.492. The van der Waals surface area contributed by atoms with Crippen LogP contribution in [0.15, 0.2) is 5.38 Å². The van der Waals surface area contributed by atoms with Crippen molar-refractivity contribution in [1.29, 1.82) is 0 Å². The van der Waals surface area contributed by atoms with Gasteiger partial charge in [-0.25, -0.2) is 9.78 Å². The average Bonchev–Trinajstić information content (AvgIpc) is 2.63. The van der Waals surface area contributed by atoms with Crippen molar-refractivity contribution in [3.8, 4) is 0 Å². The SMILES string of the molecule is CCC(C)(C)OCc1csc(C(=O)O)n1. The maximum atomic E-state index is 10.6. The van der Waals surface area contributed by atoms with E-state index >= 15 is 0 Å². The van der Waals surface area contributed by atoms with E-state index in [1.165, 1.54) is 0 Å². The molecule has 1 aromatic heterocycles. The molecule has 0 aliphatic rings. The highest BCUT2D eigenvalue weighted by molar-refractivity contribution is 7.11. The molecule has 0 aliphatic heterocycles. The first-order valence-corrected chi connectivity index (χ1v) is 5.64. The first-order valence-electron chi connectivity index (χ1n) is 4.76. The summed E-state index contributed by atoms with van der Waals surface area (Å²) in [5.74, 6) is -0.985. The number of hydrogen-bond acceptors (Lipinski definition) is 4. The Balaban J connectivity index is 2.55. The van der Waals surface area contributed by atoms with Gasteiger partial charge in [0.25, 0.3) is 0 Å². The molecule has 5 heteroatoms. The Kier molecular flexibility index (Phi) is 3.82. The highest BCUT2D eigenvalue weighted by Gasteiger charge is 2.16. The normalized spacial score (nSPS) is 11.7.